The summed E-state index contributed by atoms with van der Waals surface area (Å²) in [5.41, 5.74) is 17.1. The third kappa shape index (κ3) is 3.95. The van der Waals surface area contributed by atoms with E-state index < -0.39 is 0 Å². The van der Waals surface area contributed by atoms with E-state index in [0.29, 0.717) is 0 Å². The summed E-state index contributed by atoms with van der Waals surface area (Å²) in [7, 11) is 0. The van der Waals surface area contributed by atoms with E-state index >= 15 is 0 Å². The molecule has 256 valence electrons. The van der Waals surface area contributed by atoms with E-state index in [9.17, 15) is 0 Å². The van der Waals surface area contributed by atoms with Crippen LogP contribution in [0.2, 0.25) is 0 Å². The standard InChI is InChI=1S/C48H39BN2S2/c1-27-23-29-25-28-11-10-14-34-43(28)51(44-33-13-7-9-16-40(33)53-46(34)44)49-41(29)38(24-27)50(30-17-19-35-36(26-30)48(4,5)22-21-47(35,2)3)37-20-18-32-31-12-6-8-15-39(31)52-45(32)42(37)49/h6-20,23-24,26H,21-22,25H2,1-5H3. The van der Waals surface area contributed by atoms with Crippen molar-refractivity contribution in [1.82, 2.24) is 4.48 Å². The molecule has 2 nitrogen and oxygen atoms in total. The fraction of sp³-hybridized carbons (Fsp3) is 0.208. The Bertz CT molecular complexity index is 3080. The predicted molar refractivity (Wildman–Crippen MR) is 232 cm³/mol. The van der Waals surface area contributed by atoms with Crippen molar-refractivity contribution in [1.29, 1.82) is 0 Å². The molecule has 53 heavy (non-hydrogen) atoms. The van der Waals surface area contributed by atoms with Crippen LogP contribution in [0, 0.1) is 6.92 Å². The van der Waals surface area contributed by atoms with Gasteiger partial charge in [0.15, 0.2) is 0 Å². The Morgan fingerprint density at radius 2 is 1.28 bits per heavy atom. The van der Waals surface area contributed by atoms with Gasteiger partial charge < -0.3 is 9.38 Å². The molecule has 0 fully saturated rings. The number of nitrogens with zero attached hydrogens (tertiary/aromatic N) is 2. The molecule has 0 saturated heterocycles. The van der Waals surface area contributed by atoms with Crippen LogP contribution in [0.25, 0.3) is 51.4 Å². The summed E-state index contributed by atoms with van der Waals surface area (Å²) in [6.07, 6.45) is 3.33. The number of thiophene rings is 2. The number of aryl methyl sites for hydroxylation is 1. The van der Waals surface area contributed by atoms with Gasteiger partial charge in [-0.3, -0.25) is 0 Å². The maximum absolute atomic E-state index is 2.79. The molecular formula is C48H39BN2S2. The quantitative estimate of drug-likeness (QED) is 0.153. The molecule has 9 aromatic rings. The van der Waals surface area contributed by atoms with Crippen molar-refractivity contribution in [2.24, 2.45) is 0 Å². The van der Waals surface area contributed by atoms with E-state index in [-0.39, 0.29) is 17.7 Å². The molecule has 5 heterocycles. The number of aromatic nitrogens is 1. The highest BCUT2D eigenvalue weighted by atomic mass is 32.1. The number of hydrogen-bond acceptors (Lipinski definition) is 3. The van der Waals surface area contributed by atoms with E-state index in [1.54, 1.807) is 0 Å². The normalized spacial score (nSPS) is 16.8. The molecule has 12 rings (SSSR count). The molecule has 6 aromatic carbocycles. The van der Waals surface area contributed by atoms with Crippen LogP contribution in [0.3, 0.4) is 0 Å². The van der Waals surface area contributed by atoms with Gasteiger partial charge in [-0.15, -0.1) is 22.7 Å². The number of rotatable bonds is 1. The van der Waals surface area contributed by atoms with Crippen molar-refractivity contribution in [2.75, 3.05) is 4.90 Å². The van der Waals surface area contributed by atoms with Crippen molar-refractivity contribution >= 4 is 109 Å². The van der Waals surface area contributed by atoms with E-state index in [0.717, 1.165) is 6.42 Å². The monoisotopic (exact) mass is 718 g/mol. The highest BCUT2D eigenvalue weighted by Gasteiger charge is 2.44. The van der Waals surface area contributed by atoms with E-state index in [1.807, 2.05) is 22.7 Å². The third-order valence-electron chi connectivity index (χ3n) is 13.1. The lowest BCUT2D eigenvalue weighted by atomic mass is 9.46. The average molecular weight is 719 g/mol. The molecule has 0 N–H and O–H groups in total. The van der Waals surface area contributed by atoms with Gasteiger partial charge in [-0.1, -0.05) is 100 Å². The largest absolute Gasteiger partial charge is 0.374 e. The Morgan fingerprint density at radius 1 is 0.566 bits per heavy atom. The number of benzene rings is 6. The average Bonchev–Trinajstić information content (AvgIpc) is 3.79. The molecular weight excluding hydrogens is 679 g/mol. The summed E-state index contributed by atoms with van der Waals surface area (Å²) < 4.78 is 8.32. The maximum Gasteiger partial charge on any atom is 0.334 e. The van der Waals surface area contributed by atoms with Crippen LogP contribution in [0.4, 0.5) is 17.1 Å². The third-order valence-corrected chi connectivity index (χ3v) is 15.5. The van der Waals surface area contributed by atoms with Crippen molar-refractivity contribution in [2.45, 2.75) is 64.7 Å². The molecule has 3 aliphatic rings. The first-order valence-corrected chi connectivity index (χ1v) is 20.8. The highest BCUT2D eigenvalue weighted by Crippen LogP contribution is 2.51. The first kappa shape index (κ1) is 30.6. The number of fused-ring (bicyclic) bond motifs is 13. The second kappa shape index (κ2) is 10.2. The smallest absolute Gasteiger partial charge is 0.334 e. The lowest BCUT2D eigenvalue weighted by Gasteiger charge is -2.43. The van der Waals surface area contributed by atoms with E-state index in [4.69, 9.17) is 0 Å². The molecule has 5 heteroatoms. The Labute approximate surface area is 318 Å². The first-order chi connectivity index (χ1) is 25.7. The van der Waals surface area contributed by atoms with Crippen LogP contribution in [0.15, 0.2) is 109 Å². The van der Waals surface area contributed by atoms with E-state index in [2.05, 4.69) is 153 Å². The Morgan fingerprint density at radius 3 is 2.11 bits per heavy atom. The molecule has 2 aliphatic heterocycles. The molecule has 0 radical (unpaired) electrons. The molecule has 0 atom stereocenters. The zero-order chi connectivity index (χ0) is 35.5. The van der Waals surface area contributed by atoms with Crippen LogP contribution < -0.4 is 15.8 Å². The fourth-order valence-electron chi connectivity index (χ4n) is 10.5. The minimum Gasteiger partial charge on any atom is -0.374 e. The lowest BCUT2D eigenvalue weighted by molar-refractivity contribution is 0.332. The second-order valence-corrected chi connectivity index (χ2v) is 19.3. The first-order valence-electron chi connectivity index (χ1n) is 19.1. The molecule has 3 aromatic heterocycles. The maximum atomic E-state index is 2.79. The molecule has 0 spiro atoms. The Kier molecular flexibility index (Phi) is 5.90. The van der Waals surface area contributed by atoms with Gasteiger partial charge in [0.1, 0.15) is 0 Å². The number of para-hydroxylation sites is 1. The van der Waals surface area contributed by atoms with Crippen LogP contribution in [0.5, 0.6) is 0 Å². The van der Waals surface area contributed by atoms with Gasteiger partial charge in [0.25, 0.3) is 0 Å². The van der Waals surface area contributed by atoms with Gasteiger partial charge in [-0.25, -0.2) is 0 Å². The number of hydrogen-bond donors (Lipinski definition) is 0. The van der Waals surface area contributed by atoms with E-state index in [1.165, 1.54) is 120 Å². The topological polar surface area (TPSA) is 8.17 Å². The summed E-state index contributed by atoms with van der Waals surface area (Å²) in [5.74, 6) is 0. The fourth-order valence-corrected chi connectivity index (χ4v) is 13.0. The molecule has 0 saturated carbocycles. The van der Waals surface area contributed by atoms with Crippen LogP contribution in [-0.4, -0.2) is 11.3 Å². The minimum atomic E-state index is 0.0262. The molecule has 0 unspecified atom stereocenters. The molecule has 1 aliphatic carbocycles. The summed E-state index contributed by atoms with van der Waals surface area (Å²) in [6, 6.07) is 42.5. The summed E-state index contributed by atoms with van der Waals surface area (Å²) in [4.78, 5) is 2.65. The van der Waals surface area contributed by atoms with Crippen molar-refractivity contribution < 1.29 is 0 Å². The predicted octanol–water partition coefficient (Wildman–Crippen LogP) is 12.4. The molecule has 0 amide bonds. The summed E-state index contributed by atoms with van der Waals surface area (Å²) in [6.45, 7) is 12.1. The summed E-state index contributed by atoms with van der Waals surface area (Å²) >= 11 is 3.94. The van der Waals surface area contributed by atoms with Crippen molar-refractivity contribution in [3.05, 3.63) is 137 Å². The zero-order valence-electron chi connectivity index (χ0n) is 30.8. The van der Waals surface area contributed by atoms with Crippen LogP contribution >= 0.6 is 22.7 Å². The van der Waals surface area contributed by atoms with Gasteiger partial charge in [-0.05, 0) is 112 Å². The molecule has 0 bridgehead atoms. The van der Waals surface area contributed by atoms with Gasteiger partial charge in [0.2, 0.25) is 0 Å². The van der Waals surface area contributed by atoms with Gasteiger partial charge in [0, 0.05) is 58.2 Å². The van der Waals surface area contributed by atoms with Gasteiger partial charge >= 0.3 is 6.85 Å². The highest BCUT2D eigenvalue weighted by molar-refractivity contribution is 7.28. The SMILES string of the molecule is Cc1cc2c3c(c1)N(c1ccc4c(c1)C(C)(C)CCC4(C)C)c1ccc4c(sc5ccccc54)c1B3n1c3c(cccc3c3sc4ccccc4c31)C2. The Hall–Kier alpha value is -4.84. The minimum absolute atomic E-state index is 0.0262. The van der Waals surface area contributed by atoms with Gasteiger partial charge in [-0.2, -0.15) is 0 Å². The Balaban J connectivity index is 1.26. The van der Waals surface area contributed by atoms with Gasteiger partial charge in [0.05, 0.1) is 10.2 Å². The second-order valence-electron chi connectivity index (χ2n) is 17.2. The summed E-state index contributed by atoms with van der Waals surface area (Å²) in [5, 5.41) is 5.46. The zero-order valence-corrected chi connectivity index (χ0v) is 32.4. The lowest BCUT2D eigenvalue weighted by Crippen LogP contribution is -2.55. The van der Waals surface area contributed by atoms with Crippen LogP contribution in [-0.2, 0) is 17.3 Å². The van der Waals surface area contributed by atoms with Crippen LogP contribution in [0.1, 0.15) is 68.4 Å². The van der Waals surface area contributed by atoms with Crippen molar-refractivity contribution in [3.63, 3.8) is 0 Å². The van der Waals surface area contributed by atoms with Crippen molar-refractivity contribution in [3.8, 4) is 0 Å². The number of anilines is 3.